The summed E-state index contributed by atoms with van der Waals surface area (Å²) in [6, 6.07) is 1.02. The lowest BCUT2D eigenvalue weighted by molar-refractivity contribution is -0.178. The molecular weight excluding hydrogens is 246 g/mol. The minimum Gasteiger partial charge on any atom is -0.395 e. The quantitative estimate of drug-likeness (QED) is 0.798. The van der Waals surface area contributed by atoms with Gasteiger partial charge in [-0.3, -0.25) is 0 Å². The molecule has 3 rings (SSSR count). The molecule has 2 N–H and O–H groups in total. The first-order valence-corrected chi connectivity index (χ1v) is 8.53. The van der Waals surface area contributed by atoms with Gasteiger partial charge in [-0.2, -0.15) is 11.8 Å². The van der Waals surface area contributed by atoms with Crippen molar-refractivity contribution in [3.05, 3.63) is 0 Å². The monoisotopic (exact) mass is 271 g/mol. The van der Waals surface area contributed by atoms with Crippen LogP contribution in [0.5, 0.6) is 0 Å². The van der Waals surface area contributed by atoms with Gasteiger partial charge in [0.2, 0.25) is 0 Å². The van der Waals surface area contributed by atoms with Crippen molar-refractivity contribution < 1.29 is 9.84 Å². The van der Waals surface area contributed by atoms with E-state index in [9.17, 15) is 5.11 Å². The molecule has 1 saturated heterocycles. The molecule has 0 aromatic carbocycles. The van der Waals surface area contributed by atoms with E-state index in [1.807, 2.05) is 0 Å². The van der Waals surface area contributed by atoms with E-state index in [1.165, 1.54) is 25.7 Å². The molecule has 5 unspecified atom stereocenters. The Labute approximate surface area is 114 Å². The van der Waals surface area contributed by atoms with Gasteiger partial charge in [-0.05, 0) is 32.4 Å². The lowest BCUT2D eigenvalue weighted by Crippen LogP contribution is -2.72. The molecule has 1 spiro atoms. The first-order valence-electron chi connectivity index (χ1n) is 7.24. The summed E-state index contributed by atoms with van der Waals surface area (Å²) in [7, 11) is 0. The molecule has 5 atom stereocenters. The van der Waals surface area contributed by atoms with Crippen LogP contribution >= 0.6 is 11.8 Å². The standard InChI is InChI=1S/C14H25NO2S/c1-9(11(8-16)18-2)15-12-10-4-7-17-13(10)14(12)5-3-6-14/h9-13,15-16H,3-8H2,1-2H3. The minimum absolute atomic E-state index is 0.264. The van der Waals surface area contributed by atoms with Gasteiger partial charge in [0.05, 0.1) is 12.7 Å². The third-order valence-electron chi connectivity index (χ3n) is 5.52. The Bertz CT molecular complexity index is 304. The van der Waals surface area contributed by atoms with E-state index in [-0.39, 0.29) is 6.61 Å². The van der Waals surface area contributed by atoms with Crippen molar-refractivity contribution >= 4 is 11.8 Å². The number of aliphatic hydroxyl groups excluding tert-OH is 1. The fraction of sp³-hybridized carbons (Fsp3) is 1.00. The van der Waals surface area contributed by atoms with E-state index in [2.05, 4.69) is 18.5 Å². The highest BCUT2D eigenvalue weighted by atomic mass is 32.2. The van der Waals surface area contributed by atoms with Crippen LogP contribution in [0, 0.1) is 11.3 Å². The van der Waals surface area contributed by atoms with Crippen molar-refractivity contribution in [3.8, 4) is 0 Å². The Kier molecular flexibility index (Phi) is 3.65. The number of nitrogens with one attached hydrogen (secondary N) is 1. The lowest BCUT2D eigenvalue weighted by atomic mass is 9.46. The number of fused-ring (bicyclic) bond motifs is 2. The van der Waals surface area contributed by atoms with E-state index in [1.54, 1.807) is 11.8 Å². The molecule has 2 aliphatic carbocycles. The molecule has 1 aliphatic heterocycles. The number of ether oxygens (including phenoxy) is 1. The van der Waals surface area contributed by atoms with Gasteiger partial charge >= 0.3 is 0 Å². The summed E-state index contributed by atoms with van der Waals surface area (Å²) >= 11 is 1.76. The molecule has 3 nitrogen and oxygen atoms in total. The highest BCUT2D eigenvalue weighted by Crippen LogP contribution is 2.62. The number of thioether (sulfide) groups is 1. The maximum Gasteiger partial charge on any atom is 0.0690 e. The topological polar surface area (TPSA) is 41.5 Å². The van der Waals surface area contributed by atoms with Gasteiger partial charge in [-0.25, -0.2) is 0 Å². The summed E-state index contributed by atoms with van der Waals surface area (Å²) in [6.45, 7) is 3.43. The van der Waals surface area contributed by atoms with Crippen LogP contribution in [0.2, 0.25) is 0 Å². The summed E-state index contributed by atoms with van der Waals surface area (Å²) < 4.78 is 5.94. The Morgan fingerprint density at radius 2 is 2.28 bits per heavy atom. The van der Waals surface area contributed by atoms with E-state index in [0.717, 1.165) is 12.5 Å². The van der Waals surface area contributed by atoms with Crippen LogP contribution < -0.4 is 5.32 Å². The molecule has 2 saturated carbocycles. The van der Waals surface area contributed by atoms with Crippen LogP contribution in [-0.4, -0.2) is 48.0 Å². The molecule has 0 amide bonds. The minimum atomic E-state index is 0.264. The second-order valence-electron chi connectivity index (χ2n) is 6.22. The van der Waals surface area contributed by atoms with Gasteiger partial charge < -0.3 is 15.2 Å². The predicted molar refractivity (Wildman–Crippen MR) is 74.9 cm³/mol. The molecule has 4 heteroatoms. The number of aliphatic hydroxyl groups is 1. The van der Waals surface area contributed by atoms with Gasteiger partial charge in [-0.1, -0.05) is 6.42 Å². The van der Waals surface area contributed by atoms with Crippen molar-refractivity contribution in [2.45, 2.75) is 56.0 Å². The molecule has 1 heterocycles. The van der Waals surface area contributed by atoms with Crippen molar-refractivity contribution in [2.75, 3.05) is 19.5 Å². The Morgan fingerprint density at radius 3 is 2.83 bits per heavy atom. The summed E-state index contributed by atoms with van der Waals surface area (Å²) in [5.74, 6) is 0.731. The summed E-state index contributed by atoms with van der Waals surface area (Å²) in [4.78, 5) is 0. The molecule has 0 radical (unpaired) electrons. The van der Waals surface area contributed by atoms with Crippen LogP contribution in [0.4, 0.5) is 0 Å². The van der Waals surface area contributed by atoms with E-state index in [4.69, 9.17) is 4.74 Å². The largest absolute Gasteiger partial charge is 0.395 e. The highest BCUT2D eigenvalue weighted by Gasteiger charge is 2.66. The van der Waals surface area contributed by atoms with Crippen LogP contribution in [0.3, 0.4) is 0 Å². The Hall–Kier alpha value is 0.230. The first-order chi connectivity index (χ1) is 8.73. The Morgan fingerprint density at radius 1 is 1.50 bits per heavy atom. The van der Waals surface area contributed by atoms with Crippen molar-refractivity contribution in [2.24, 2.45) is 11.3 Å². The van der Waals surface area contributed by atoms with E-state index in [0.29, 0.717) is 28.9 Å². The van der Waals surface area contributed by atoms with Crippen LogP contribution in [0.1, 0.15) is 32.6 Å². The second-order valence-corrected chi connectivity index (χ2v) is 7.30. The molecule has 0 aromatic heterocycles. The fourth-order valence-corrected chi connectivity index (χ4v) is 4.96. The average Bonchev–Trinajstić information content (AvgIpc) is 2.71. The molecule has 3 fully saturated rings. The number of hydrogen-bond acceptors (Lipinski definition) is 4. The molecular formula is C14H25NO2S. The Balaban J connectivity index is 1.65. The van der Waals surface area contributed by atoms with E-state index < -0.39 is 0 Å². The average molecular weight is 271 g/mol. The summed E-state index contributed by atoms with van der Waals surface area (Å²) in [5.41, 5.74) is 0.452. The first kappa shape index (κ1) is 13.2. The van der Waals surface area contributed by atoms with Crippen molar-refractivity contribution in [1.82, 2.24) is 5.32 Å². The molecule has 0 bridgehead atoms. The van der Waals surface area contributed by atoms with Gasteiger partial charge in [0.1, 0.15) is 0 Å². The zero-order valence-electron chi connectivity index (χ0n) is 11.4. The van der Waals surface area contributed by atoms with Gasteiger partial charge in [-0.15, -0.1) is 0 Å². The van der Waals surface area contributed by atoms with Crippen LogP contribution in [0.15, 0.2) is 0 Å². The van der Waals surface area contributed by atoms with Crippen LogP contribution in [0.25, 0.3) is 0 Å². The zero-order valence-corrected chi connectivity index (χ0v) is 12.2. The lowest BCUT2D eigenvalue weighted by Gasteiger charge is -2.64. The second kappa shape index (κ2) is 4.97. The van der Waals surface area contributed by atoms with Crippen molar-refractivity contribution in [3.63, 3.8) is 0 Å². The summed E-state index contributed by atoms with van der Waals surface area (Å²) in [6.07, 6.45) is 7.88. The normalized spacial score (nSPS) is 39.8. The third kappa shape index (κ3) is 1.76. The van der Waals surface area contributed by atoms with E-state index >= 15 is 0 Å². The van der Waals surface area contributed by atoms with Gasteiger partial charge in [0.25, 0.3) is 0 Å². The maximum absolute atomic E-state index is 9.40. The number of rotatable bonds is 5. The maximum atomic E-state index is 9.40. The summed E-state index contributed by atoms with van der Waals surface area (Å²) in [5, 5.41) is 13.5. The molecule has 18 heavy (non-hydrogen) atoms. The van der Waals surface area contributed by atoms with Gasteiger partial charge in [0, 0.05) is 35.3 Å². The smallest absolute Gasteiger partial charge is 0.0690 e. The predicted octanol–water partition coefficient (Wildman–Crippen LogP) is 1.65. The van der Waals surface area contributed by atoms with Gasteiger partial charge in [0.15, 0.2) is 0 Å². The van der Waals surface area contributed by atoms with Crippen LogP contribution in [-0.2, 0) is 4.74 Å². The number of hydrogen-bond donors (Lipinski definition) is 2. The SMILES string of the molecule is CSC(CO)C(C)NC1C2CCOC2C12CCC2. The molecule has 3 aliphatic rings. The molecule has 0 aromatic rings. The third-order valence-corrected chi connectivity index (χ3v) is 6.68. The molecule has 104 valence electrons. The zero-order chi connectivity index (χ0) is 12.8. The highest BCUT2D eigenvalue weighted by molar-refractivity contribution is 7.99. The fourth-order valence-electron chi connectivity index (χ4n) is 4.32. The van der Waals surface area contributed by atoms with Crippen molar-refractivity contribution in [1.29, 1.82) is 0 Å².